The summed E-state index contributed by atoms with van der Waals surface area (Å²) in [6, 6.07) is 16.4. The van der Waals surface area contributed by atoms with E-state index in [2.05, 4.69) is 60.1 Å². The summed E-state index contributed by atoms with van der Waals surface area (Å²) in [6.07, 6.45) is 2.95. The largest absolute Gasteiger partial charge is 0.337 e. The third-order valence-electron chi connectivity index (χ3n) is 7.67. The zero-order valence-electron chi connectivity index (χ0n) is 21.6. The monoisotopic (exact) mass is 496 g/mol. The first-order valence-electron chi connectivity index (χ1n) is 13.1. The fourth-order valence-corrected chi connectivity index (χ4v) is 5.35. The number of amides is 1. The Hall–Kier alpha value is -3.78. The lowest BCUT2D eigenvalue weighted by Crippen LogP contribution is -2.49. The molecule has 2 aliphatic rings. The van der Waals surface area contributed by atoms with Gasteiger partial charge in [-0.2, -0.15) is 10.1 Å². The topological polar surface area (TPSA) is 80.3 Å². The highest BCUT2D eigenvalue weighted by atomic mass is 16.5. The maximum atomic E-state index is 13.6. The minimum atomic E-state index is -0.0195. The van der Waals surface area contributed by atoms with Gasteiger partial charge in [-0.15, -0.1) is 0 Å². The van der Waals surface area contributed by atoms with E-state index in [0.29, 0.717) is 30.5 Å². The van der Waals surface area contributed by atoms with Gasteiger partial charge in [-0.3, -0.25) is 9.69 Å². The quantitative estimate of drug-likeness (QED) is 0.403. The van der Waals surface area contributed by atoms with Crippen molar-refractivity contribution in [2.45, 2.75) is 46.1 Å². The van der Waals surface area contributed by atoms with Crippen LogP contribution in [0.25, 0.3) is 17.1 Å². The summed E-state index contributed by atoms with van der Waals surface area (Å²) >= 11 is 0. The first kappa shape index (κ1) is 23.6. The molecular weight excluding hydrogens is 464 g/mol. The number of benzene rings is 2. The van der Waals surface area contributed by atoms with Crippen LogP contribution in [0.15, 0.2) is 53.1 Å². The zero-order valence-corrected chi connectivity index (χ0v) is 21.6. The summed E-state index contributed by atoms with van der Waals surface area (Å²) in [5.74, 6) is 1.24. The summed E-state index contributed by atoms with van der Waals surface area (Å²) in [7, 11) is 0. The molecule has 8 nitrogen and oxygen atoms in total. The van der Waals surface area contributed by atoms with E-state index in [1.807, 2.05) is 33.8 Å². The van der Waals surface area contributed by atoms with Crippen LogP contribution in [0.1, 0.15) is 58.1 Å². The molecule has 2 aromatic heterocycles. The van der Waals surface area contributed by atoms with Gasteiger partial charge < -0.3 is 9.42 Å². The molecule has 3 heterocycles. The number of piperazine rings is 1. The second-order valence-electron chi connectivity index (χ2n) is 10.2. The van der Waals surface area contributed by atoms with E-state index < -0.39 is 0 Å². The van der Waals surface area contributed by atoms with Crippen LogP contribution in [0, 0.1) is 13.8 Å². The molecule has 1 saturated heterocycles. The molecule has 190 valence electrons. The molecule has 1 unspecified atom stereocenters. The van der Waals surface area contributed by atoms with Crippen molar-refractivity contribution in [2.24, 2.45) is 0 Å². The fraction of sp³-hybridized carbons (Fsp3) is 0.379. The minimum Gasteiger partial charge on any atom is -0.337 e. The van der Waals surface area contributed by atoms with E-state index in [0.717, 1.165) is 49.2 Å². The molecular formula is C29H32N6O2. The van der Waals surface area contributed by atoms with Crippen LogP contribution in [0.3, 0.4) is 0 Å². The number of hydrogen-bond acceptors (Lipinski definition) is 6. The lowest BCUT2D eigenvalue weighted by molar-refractivity contribution is 0.0545. The Balaban J connectivity index is 1.14. The van der Waals surface area contributed by atoms with Gasteiger partial charge in [-0.1, -0.05) is 52.7 Å². The number of carbonyl (C=O) groups excluding carboxylic acids is 1. The second kappa shape index (κ2) is 9.59. The predicted molar refractivity (Wildman–Crippen MR) is 141 cm³/mol. The Labute approximate surface area is 216 Å². The van der Waals surface area contributed by atoms with Crippen LogP contribution in [0.5, 0.6) is 0 Å². The Kier molecular flexibility index (Phi) is 6.12. The molecule has 37 heavy (non-hydrogen) atoms. The molecule has 4 aromatic rings. The molecule has 0 radical (unpaired) electrons. The molecule has 1 atom stereocenters. The van der Waals surface area contributed by atoms with Crippen molar-refractivity contribution in [3.05, 3.63) is 82.5 Å². The van der Waals surface area contributed by atoms with E-state index >= 15 is 0 Å². The van der Waals surface area contributed by atoms with Crippen LogP contribution >= 0.6 is 0 Å². The van der Waals surface area contributed by atoms with Gasteiger partial charge in [-0.05, 0) is 52.2 Å². The summed E-state index contributed by atoms with van der Waals surface area (Å²) < 4.78 is 7.60. The van der Waals surface area contributed by atoms with Crippen molar-refractivity contribution in [1.82, 2.24) is 29.7 Å². The standard InChI is InChI=1S/C29H32N6O2/c1-19-7-11-22(12-8-19)27-30-28(37-32-27)21(3)33-15-17-34(18-16-33)29(36)26-24-5-4-6-25(24)35(31-26)23-13-9-20(2)10-14-23/h7-14,21H,4-6,15-18H2,1-3H3. The molecule has 6 rings (SSSR count). The molecule has 0 saturated carbocycles. The molecule has 0 N–H and O–H groups in total. The van der Waals surface area contributed by atoms with Crippen LogP contribution in [0.2, 0.25) is 0 Å². The Bertz CT molecular complexity index is 1410. The van der Waals surface area contributed by atoms with Crippen LogP contribution < -0.4 is 0 Å². The van der Waals surface area contributed by atoms with Crippen LogP contribution in [-0.2, 0) is 12.8 Å². The average molecular weight is 497 g/mol. The van der Waals surface area contributed by atoms with Gasteiger partial charge >= 0.3 is 0 Å². The highest BCUT2D eigenvalue weighted by Gasteiger charge is 2.33. The van der Waals surface area contributed by atoms with Crippen molar-refractivity contribution in [3.63, 3.8) is 0 Å². The summed E-state index contributed by atoms with van der Waals surface area (Å²) in [6.45, 7) is 9.00. The number of aryl methyl sites for hydroxylation is 2. The van der Waals surface area contributed by atoms with Gasteiger partial charge in [0.05, 0.1) is 11.7 Å². The van der Waals surface area contributed by atoms with Crippen LogP contribution in [-0.4, -0.2) is 61.8 Å². The van der Waals surface area contributed by atoms with E-state index in [1.54, 1.807) is 0 Å². The zero-order chi connectivity index (χ0) is 25.5. The first-order chi connectivity index (χ1) is 18.0. The number of fused-ring (bicyclic) bond motifs is 1. The van der Waals surface area contributed by atoms with Crippen molar-refractivity contribution in [2.75, 3.05) is 26.2 Å². The van der Waals surface area contributed by atoms with Gasteiger partial charge in [0.15, 0.2) is 5.69 Å². The molecule has 0 bridgehead atoms. The molecule has 0 spiro atoms. The third kappa shape index (κ3) is 4.46. The molecule has 1 aliphatic heterocycles. The SMILES string of the molecule is Cc1ccc(-c2noc(C(C)N3CCN(C(=O)c4nn(-c5ccc(C)cc5)c5c4CCC5)CC3)n2)cc1. The van der Waals surface area contributed by atoms with Crippen molar-refractivity contribution in [3.8, 4) is 17.1 Å². The van der Waals surface area contributed by atoms with Gasteiger partial charge in [0, 0.05) is 43.0 Å². The van der Waals surface area contributed by atoms with E-state index in [9.17, 15) is 4.79 Å². The summed E-state index contributed by atoms with van der Waals surface area (Å²) in [5.41, 5.74) is 7.29. The van der Waals surface area contributed by atoms with E-state index in [1.165, 1.54) is 16.8 Å². The number of hydrogen-bond donors (Lipinski definition) is 0. The van der Waals surface area contributed by atoms with Crippen molar-refractivity contribution < 1.29 is 9.32 Å². The second-order valence-corrected chi connectivity index (χ2v) is 10.2. The van der Waals surface area contributed by atoms with Gasteiger partial charge in [0.1, 0.15) is 0 Å². The third-order valence-corrected chi connectivity index (χ3v) is 7.67. The van der Waals surface area contributed by atoms with Gasteiger partial charge in [0.25, 0.3) is 5.91 Å². The minimum absolute atomic E-state index is 0.0195. The van der Waals surface area contributed by atoms with Crippen molar-refractivity contribution >= 4 is 5.91 Å². The molecule has 8 heteroatoms. The number of nitrogens with zero attached hydrogens (tertiary/aromatic N) is 6. The number of rotatable bonds is 5. The Morgan fingerprint density at radius 3 is 2.30 bits per heavy atom. The maximum Gasteiger partial charge on any atom is 0.274 e. The maximum absolute atomic E-state index is 13.6. The molecule has 1 amide bonds. The normalized spacial score (nSPS) is 16.7. The molecule has 2 aromatic carbocycles. The highest BCUT2D eigenvalue weighted by Crippen LogP contribution is 2.30. The van der Waals surface area contributed by atoms with E-state index in [-0.39, 0.29) is 11.9 Å². The van der Waals surface area contributed by atoms with Crippen LogP contribution in [0.4, 0.5) is 0 Å². The Morgan fingerprint density at radius 2 is 1.59 bits per heavy atom. The smallest absolute Gasteiger partial charge is 0.274 e. The average Bonchev–Trinajstić information content (AvgIpc) is 3.67. The summed E-state index contributed by atoms with van der Waals surface area (Å²) in [5, 5.41) is 9.02. The molecule has 1 fully saturated rings. The van der Waals surface area contributed by atoms with E-state index in [4.69, 9.17) is 9.62 Å². The molecule has 1 aliphatic carbocycles. The lowest BCUT2D eigenvalue weighted by atomic mass is 10.1. The van der Waals surface area contributed by atoms with Gasteiger partial charge in [0.2, 0.25) is 11.7 Å². The highest BCUT2D eigenvalue weighted by molar-refractivity contribution is 5.94. The first-order valence-corrected chi connectivity index (χ1v) is 13.1. The van der Waals surface area contributed by atoms with Gasteiger partial charge in [-0.25, -0.2) is 4.68 Å². The Morgan fingerprint density at radius 1 is 0.919 bits per heavy atom. The number of carbonyl (C=O) groups is 1. The van der Waals surface area contributed by atoms with Crippen molar-refractivity contribution in [1.29, 1.82) is 0 Å². The number of aromatic nitrogens is 4. The fourth-order valence-electron chi connectivity index (χ4n) is 5.35. The summed E-state index contributed by atoms with van der Waals surface area (Å²) in [4.78, 5) is 22.5. The predicted octanol–water partition coefficient (Wildman–Crippen LogP) is 4.55. The lowest BCUT2D eigenvalue weighted by Gasteiger charge is -2.36.